The van der Waals surface area contributed by atoms with Crippen LogP contribution in [0.3, 0.4) is 0 Å². The highest BCUT2D eigenvalue weighted by atomic mass is 32.2. The first-order valence-corrected chi connectivity index (χ1v) is 10.8. The molecule has 2 aliphatic heterocycles. The molecule has 5 heteroatoms. The minimum atomic E-state index is 0.296. The van der Waals surface area contributed by atoms with Crippen molar-refractivity contribution >= 4 is 11.8 Å². The summed E-state index contributed by atoms with van der Waals surface area (Å²) in [6.45, 7) is 7.09. The van der Waals surface area contributed by atoms with Crippen molar-refractivity contribution in [3.63, 3.8) is 0 Å². The van der Waals surface area contributed by atoms with Crippen LogP contribution in [-0.2, 0) is 6.54 Å². The number of hydrogen-bond acceptors (Lipinski definition) is 5. The summed E-state index contributed by atoms with van der Waals surface area (Å²) < 4.78 is 0. The lowest BCUT2D eigenvalue weighted by Crippen LogP contribution is -2.58. The van der Waals surface area contributed by atoms with Gasteiger partial charge in [0.2, 0.25) is 0 Å². The first-order chi connectivity index (χ1) is 12.2. The van der Waals surface area contributed by atoms with Gasteiger partial charge in [-0.3, -0.25) is 9.80 Å². The van der Waals surface area contributed by atoms with Gasteiger partial charge in [-0.05, 0) is 63.4 Å². The summed E-state index contributed by atoms with van der Waals surface area (Å²) in [7, 11) is 2.22. The molecule has 1 aromatic carbocycles. The maximum absolute atomic E-state index is 9.55. The lowest BCUT2D eigenvalue weighted by atomic mass is 9.98. The summed E-state index contributed by atoms with van der Waals surface area (Å²) in [5.74, 6) is 0. The fourth-order valence-corrected chi connectivity index (χ4v) is 4.69. The number of aliphatic hydroxyl groups excluding tert-OH is 1. The van der Waals surface area contributed by atoms with Crippen molar-refractivity contribution in [2.75, 3.05) is 52.6 Å². The van der Waals surface area contributed by atoms with Crippen molar-refractivity contribution in [1.29, 1.82) is 0 Å². The Balaban J connectivity index is 1.58. The zero-order valence-corrected chi connectivity index (χ0v) is 16.5. The molecule has 140 valence electrons. The summed E-state index contributed by atoms with van der Waals surface area (Å²) in [6.07, 6.45) is 5.56. The lowest BCUT2D eigenvalue weighted by molar-refractivity contribution is 0.00599. The molecule has 0 bridgehead atoms. The molecule has 1 atom stereocenters. The highest BCUT2D eigenvalue weighted by Gasteiger charge is 2.32. The van der Waals surface area contributed by atoms with Crippen molar-refractivity contribution in [3.8, 4) is 0 Å². The highest BCUT2D eigenvalue weighted by Crippen LogP contribution is 2.24. The number of aliphatic hydroxyl groups is 1. The maximum atomic E-state index is 9.55. The third-order valence-electron chi connectivity index (χ3n) is 5.80. The van der Waals surface area contributed by atoms with Gasteiger partial charge in [0, 0.05) is 49.8 Å². The summed E-state index contributed by atoms with van der Waals surface area (Å²) >= 11 is 1.80. The molecule has 0 aliphatic carbocycles. The Labute approximate surface area is 157 Å². The predicted octanol–water partition coefficient (Wildman–Crippen LogP) is 2.37. The molecule has 0 spiro atoms. The van der Waals surface area contributed by atoms with Gasteiger partial charge in [0.1, 0.15) is 0 Å². The van der Waals surface area contributed by atoms with E-state index in [1.54, 1.807) is 11.8 Å². The molecule has 1 aromatic rings. The van der Waals surface area contributed by atoms with Crippen LogP contribution < -0.4 is 0 Å². The topological polar surface area (TPSA) is 30.0 Å². The number of hydrogen-bond donors (Lipinski definition) is 1. The molecule has 2 saturated heterocycles. The average molecular weight is 364 g/mol. The standard InChI is InChI=1S/C20H33N3OS/c1-21-10-7-18(8-11-21)23-13-12-22(16-19(23)9-14-24)15-17-3-5-20(25-2)6-4-17/h3-6,18-19,24H,7-16H2,1-2H3/t19-/m0/s1. The number of thioether (sulfide) groups is 1. The van der Waals surface area contributed by atoms with E-state index in [2.05, 4.69) is 52.3 Å². The van der Waals surface area contributed by atoms with Crippen LogP contribution in [0.15, 0.2) is 29.2 Å². The number of benzene rings is 1. The Kier molecular flexibility index (Phi) is 7.19. The molecule has 2 heterocycles. The fourth-order valence-electron chi connectivity index (χ4n) is 4.28. The van der Waals surface area contributed by atoms with Crippen LogP contribution >= 0.6 is 11.8 Å². The summed E-state index contributed by atoms with van der Waals surface area (Å²) in [5.41, 5.74) is 1.40. The van der Waals surface area contributed by atoms with Gasteiger partial charge in [0.05, 0.1) is 0 Å². The van der Waals surface area contributed by atoms with Gasteiger partial charge >= 0.3 is 0 Å². The van der Waals surface area contributed by atoms with E-state index >= 15 is 0 Å². The number of nitrogens with zero attached hydrogens (tertiary/aromatic N) is 3. The van der Waals surface area contributed by atoms with Crippen LogP contribution in [-0.4, -0.2) is 84.5 Å². The van der Waals surface area contributed by atoms with E-state index in [9.17, 15) is 5.11 Å². The molecule has 1 N–H and O–H groups in total. The van der Waals surface area contributed by atoms with Gasteiger partial charge in [0.25, 0.3) is 0 Å². The minimum Gasteiger partial charge on any atom is -0.396 e. The molecule has 2 aliphatic rings. The van der Waals surface area contributed by atoms with Crippen molar-refractivity contribution in [3.05, 3.63) is 29.8 Å². The van der Waals surface area contributed by atoms with E-state index in [0.29, 0.717) is 18.7 Å². The van der Waals surface area contributed by atoms with Crippen molar-refractivity contribution in [2.45, 2.75) is 42.8 Å². The van der Waals surface area contributed by atoms with Crippen LogP contribution in [0, 0.1) is 0 Å². The molecule has 0 amide bonds. The third-order valence-corrected chi connectivity index (χ3v) is 6.54. The average Bonchev–Trinajstić information content (AvgIpc) is 2.64. The fraction of sp³-hybridized carbons (Fsp3) is 0.700. The van der Waals surface area contributed by atoms with Crippen LogP contribution in [0.5, 0.6) is 0 Å². The summed E-state index contributed by atoms with van der Waals surface area (Å²) in [6, 6.07) is 10.2. The van der Waals surface area contributed by atoms with Crippen molar-refractivity contribution < 1.29 is 5.11 Å². The smallest absolute Gasteiger partial charge is 0.0446 e. The molecule has 3 rings (SSSR count). The molecule has 0 radical (unpaired) electrons. The Bertz CT molecular complexity index is 516. The Hall–Kier alpha value is -0.590. The van der Waals surface area contributed by atoms with E-state index < -0.39 is 0 Å². The molecule has 4 nitrogen and oxygen atoms in total. The Morgan fingerprint density at radius 1 is 1.08 bits per heavy atom. The first-order valence-electron chi connectivity index (χ1n) is 9.60. The van der Waals surface area contributed by atoms with Crippen LogP contribution in [0.4, 0.5) is 0 Å². The first kappa shape index (κ1) is 19.2. The Morgan fingerprint density at radius 3 is 2.44 bits per heavy atom. The minimum absolute atomic E-state index is 0.296. The van der Waals surface area contributed by atoms with Gasteiger partial charge in [-0.25, -0.2) is 0 Å². The largest absolute Gasteiger partial charge is 0.396 e. The third kappa shape index (κ3) is 5.20. The Morgan fingerprint density at radius 2 is 1.80 bits per heavy atom. The number of likely N-dealkylation sites (tertiary alicyclic amines) is 1. The number of rotatable bonds is 6. The monoisotopic (exact) mass is 363 g/mol. The van der Waals surface area contributed by atoms with E-state index in [1.807, 2.05) is 0 Å². The predicted molar refractivity (Wildman–Crippen MR) is 106 cm³/mol. The van der Waals surface area contributed by atoms with Gasteiger partial charge in [0.15, 0.2) is 0 Å². The van der Waals surface area contributed by atoms with Gasteiger partial charge < -0.3 is 10.0 Å². The van der Waals surface area contributed by atoms with Crippen LogP contribution in [0.1, 0.15) is 24.8 Å². The zero-order valence-electron chi connectivity index (χ0n) is 15.7. The summed E-state index contributed by atoms with van der Waals surface area (Å²) in [5, 5.41) is 9.55. The summed E-state index contributed by atoms with van der Waals surface area (Å²) in [4.78, 5) is 9.04. The van der Waals surface area contributed by atoms with Gasteiger partial charge in [-0.2, -0.15) is 0 Å². The van der Waals surface area contributed by atoms with E-state index in [1.165, 1.54) is 36.4 Å². The molecule has 25 heavy (non-hydrogen) atoms. The number of piperazine rings is 1. The second kappa shape index (κ2) is 9.38. The molecular formula is C20H33N3OS. The molecule has 0 saturated carbocycles. The van der Waals surface area contributed by atoms with Gasteiger partial charge in [-0.1, -0.05) is 12.1 Å². The van der Waals surface area contributed by atoms with Gasteiger partial charge in [-0.15, -0.1) is 11.8 Å². The van der Waals surface area contributed by atoms with Crippen LogP contribution in [0.2, 0.25) is 0 Å². The molecular weight excluding hydrogens is 330 g/mol. The zero-order chi connectivity index (χ0) is 17.6. The SMILES string of the molecule is CSc1ccc(CN2CCN(C3CCN(C)CC3)[C@@H](CCO)C2)cc1. The van der Waals surface area contributed by atoms with E-state index in [-0.39, 0.29) is 0 Å². The second-order valence-corrected chi connectivity index (χ2v) is 8.40. The maximum Gasteiger partial charge on any atom is 0.0446 e. The van der Waals surface area contributed by atoms with Crippen molar-refractivity contribution in [1.82, 2.24) is 14.7 Å². The molecule has 0 unspecified atom stereocenters. The van der Waals surface area contributed by atoms with E-state index in [4.69, 9.17) is 0 Å². The molecule has 2 fully saturated rings. The lowest BCUT2D eigenvalue weighted by Gasteiger charge is -2.47. The normalized spacial score (nSPS) is 24.7. The highest BCUT2D eigenvalue weighted by molar-refractivity contribution is 7.98. The van der Waals surface area contributed by atoms with Crippen LogP contribution in [0.25, 0.3) is 0 Å². The van der Waals surface area contributed by atoms with Crippen molar-refractivity contribution in [2.24, 2.45) is 0 Å². The quantitative estimate of drug-likeness (QED) is 0.784. The second-order valence-electron chi connectivity index (χ2n) is 7.52. The van der Waals surface area contributed by atoms with E-state index in [0.717, 1.165) is 32.6 Å². The number of piperidine rings is 1. The molecule has 0 aromatic heterocycles.